The maximum absolute atomic E-state index is 12.3. The van der Waals surface area contributed by atoms with Crippen molar-refractivity contribution in [3.05, 3.63) is 29.3 Å². The quantitative estimate of drug-likeness (QED) is 0.699. The van der Waals surface area contributed by atoms with E-state index in [1.54, 1.807) is 0 Å². The van der Waals surface area contributed by atoms with Crippen molar-refractivity contribution in [1.29, 1.82) is 0 Å². The van der Waals surface area contributed by atoms with Gasteiger partial charge in [-0.3, -0.25) is 0 Å². The molecule has 0 bridgehead atoms. The maximum Gasteiger partial charge on any atom is 0.509 e. The van der Waals surface area contributed by atoms with Gasteiger partial charge >= 0.3 is 6.98 Å². The van der Waals surface area contributed by atoms with Crippen LogP contribution in [0.3, 0.4) is 0 Å². The van der Waals surface area contributed by atoms with Gasteiger partial charge in [0.2, 0.25) is 0 Å². The molecule has 0 heterocycles. The molecule has 0 unspecified atom stereocenters. The Labute approximate surface area is 74.8 Å². The van der Waals surface area contributed by atoms with Crippen molar-refractivity contribution in [2.75, 3.05) is 0 Å². The van der Waals surface area contributed by atoms with E-state index >= 15 is 0 Å². The van der Waals surface area contributed by atoms with E-state index in [0.717, 1.165) is 11.6 Å². The van der Waals surface area contributed by atoms with Gasteiger partial charge < -0.3 is 18.7 Å². The summed E-state index contributed by atoms with van der Waals surface area (Å²) in [4.78, 5) is 0. The Morgan fingerprint density at radius 1 is 1.31 bits per heavy atom. The second-order valence-corrected chi connectivity index (χ2v) is 2.97. The summed E-state index contributed by atoms with van der Waals surface area (Å²) < 4.78 is 36.9. The summed E-state index contributed by atoms with van der Waals surface area (Å²) in [5.41, 5.74) is 5.74. The van der Waals surface area contributed by atoms with Crippen LogP contribution in [0.2, 0.25) is 0 Å². The first-order valence-corrected chi connectivity index (χ1v) is 3.94. The van der Waals surface area contributed by atoms with Gasteiger partial charge in [0.15, 0.2) is 0 Å². The summed E-state index contributed by atoms with van der Waals surface area (Å²) in [7, 11) is 0. The van der Waals surface area contributed by atoms with E-state index < -0.39 is 12.4 Å². The Morgan fingerprint density at radius 3 is 2.31 bits per heavy atom. The van der Waals surface area contributed by atoms with E-state index in [2.05, 4.69) is 0 Å². The first kappa shape index (κ1) is 10.1. The van der Waals surface area contributed by atoms with Crippen LogP contribution in [-0.2, 0) is 6.54 Å². The molecular weight excluding hydrogens is 178 g/mol. The molecule has 1 aromatic rings. The average Bonchev–Trinajstić information content (AvgIpc) is 2.01. The number of rotatable bonds is 2. The minimum atomic E-state index is -4.89. The lowest BCUT2D eigenvalue weighted by atomic mass is 9.77. The molecule has 0 aliphatic rings. The summed E-state index contributed by atoms with van der Waals surface area (Å²) in [5, 5.41) is 0. The highest BCUT2D eigenvalue weighted by molar-refractivity contribution is 6.74. The monoisotopic (exact) mass is 188 g/mol. The van der Waals surface area contributed by atoms with E-state index in [-0.39, 0.29) is 12.1 Å². The molecule has 2 N–H and O–H groups in total. The van der Waals surface area contributed by atoms with E-state index in [0.29, 0.717) is 0 Å². The first-order valence-electron chi connectivity index (χ1n) is 3.94. The van der Waals surface area contributed by atoms with Crippen LogP contribution in [0.5, 0.6) is 0 Å². The van der Waals surface area contributed by atoms with Crippen molar-refractivity contribution in [2.24, 2.45) is 5.73 Å². The lowest BCUT2D eigenvalue weighted by Crippen LogP contribution is -2.36. The highest BCUT2D eigenvalue weighted by Gasteiger charge is 2.26. The summed E-state index contributed by atoms with van der Waals surface area (Å²) in [5.74, 6) is 0. The molecule has 0 saturated carbocycles. The second-order valence-electron chi connectivity index (χ2n) is 2.97. The Bertz CT molecular complexity index is 309. The van der Waals surface area contributed by atoms with Crippen molar-refractivity contribution in [3.63, 3.8) is 0 Å². The fourth-order valence-corrected chi connectivity index (χ4v) is 1.23. The molecule has 1 rings (SSSR count). The summed E-state index contributed by atoms with van der Waals surface area (Å²) in [6, 6.07) is 3.99. The summed E-state index contributed by atoms with van der Waals surface area (Å²) in [6.45, 7) is -3.17. The van der Waals surface area contributed by atoms with Crippen LogP contribution in [0.25, 0.3) is 0 Å². The molecule has 0 amide bonds. The Hall–Kier alpha value is -0.965. The minimum Gasteiger partial charge on any atom is -0.445 e. The molecule has 5 heteroatoms. The zero-order chi connectivity index (χ0) is 10.1. The zero-order valence-corrected chi connectivity index (χ0v) is 7.23. The second kappa shape index (κ2) is 3.42. The van der Waals surface area contributed by atoms with Crippen LogP contribution in [0.1, 0.15) is 11.1 Å². The largest absolute Gasteiger partial charge is 0.509 e. The SMILES string of the molecule is Cc1cc(CN)ccc1[B-](F)(F)F. The summed E-state index contributed by atoms with van der Waals surface area (Å²) >= 11 is 0. The molecule has 1 nitrogen and oxygen atoms in total. The molecule has 0 saturated heterocycles. The average molecular weight is 188 g/mol. The van der Waals surface area contributed by atoms with Gasteiger partial charge in [-0.1, -0.05) is 23.8 Å². The normalized spacial score (nSPS) is 11.8. The van der Waals surface area contributed by atoms with Gasteiger partial charge in [-0.05, 0) is 12.5 Å². The third kappa shape index (κ3) is 2.24. The molecule has 0 radical (unpaired) electrons. The Balaban J connectivity index is 3.13. The molecule has 0 aliphatic carbocycles. The third-order valence-electron chi connectivity index (χ3n) is 1.92. The van der Waals surface area contributed by atoms with Crippen LogP contribution in [0.4, 0.5) is 12.9 Å². The Kier molecular flexibility index (Phi) is 2.66. The van der Waals surface area contributed by atoms with Crippen LogP contribution in [0.15, 0.2) is 18.2 Å². The maximum atomic E-state index is 12.3. The smallest absolute Gasteiger partial charge is 0.445 e. The standard InChI is InChI=1S/C8H10BF3N/c1-6-4-7(5-13)2-3-8(6)9(10,11)12/h2-4H,5,13H2,1H3/q-1. The lowest BCUT2D eigenvalue weighted by molar-refractivity contribution is 0.500. The molecule has 13 heavy (non-hydrogen) atoms. The topological polar surface area (TPSA) is 26.0 Å². The zero-order valence-electron chi connectivity index (χ0n) is 7.23. The molecule has 72 valence electrons. The fraction of sp³-hybridized carbons (Fsp3) is 0.250. The molecule has 0 aromatic heterocycles. The van der Waals surface area contributed by atoms with E-state index in [9.17, 15) is 12.9 Å². The van der Waals surface area contributed by atoms with Crippen molar-refractivity contribution >= 4 is 12.4 Å². The predicted octanol–water partition coefficient (Wildman–Crippen LogP) is 1.51. The van der Waals surface area contributed by atoms with E-state index in [1.807, 2.05) is 0 Å². The van der Waals surface area contributed by atoms with Gasteiger partial charge in [-0.15, -0.1) is 5.46 Å². The number of hydrogen-bond donors (Lipinski definition) is 1. The van der Waals surface area contributed by atoms with Crippen LogP contribution < -0.4 is 11.2 Å². The van der Waals surface area contributed by atoms with Crippen LogP contribution in [0, 0.1) is 6.92 Å². The van der Waals surface area contributed by atoms with Crippen LogP contribution >= 0.6 is 0 Å². The number of nitrogens with two attached hydrogens (primary N) is 1. The van der Waals surface area contributed by atoms with Crippen molar-refractivity contribution in [1.82, 2.24) is 0 Å². The van der Waals surface area contributed by atoms with Gasteiger partial charge in [0.05, 0.1) is 0 Å². The minimum absolute atomic E-state index is 0.246. The number of aryl methyl sites for hydroxylation is 1. The highest BCUT2D eigenvalue weighted by atomic mass is 19.4. The van der Waals surface area contributed by atoms with Gasteiger partial charge in [0, 0.05) is 6.54 Å². The first-order chi connectivity index (χ1) is 5.95. The van der Waals surface area contributed by atoms with Gasteiger partial charge in [-0.25, -0.2) is 0 Å². The van der Waals surface area contributed by atoms with Gasteiger partial charge in [0.1, 0.15) is 0 Å². The fourth-order valence-electron chi connectivity index (χ4n) is 1.23. The molecule has 1 aromatic carbocycles. The number of hydrogen-bond acceptors (Lipinski definition) is 1. The van der Waals surface area contributed by atoms with E-state index in [4.69, 9.17) is 5.73 Å². The molecule has 0 fully saturated rings. The van der Waals surface area contributed by atoms with Gasteiger partial charge in [0.25, 0.3) is 0 Å². The van der Waals surface area contributed by atoms with Crippen molar-refractivity contribution in [3.8, 4) is 0 Å². The van der Waals surface area contributed by atoms with Crippen molar-refractivity contribution < 1.29 is 12.9 Å². The number of benzene rings is 1. The van der Waals surface area contributed by atoms with Gasteiger partial charge in [-0.2, -0.15) is 0 Å². The molecule has 0 aliphatic heterocycles. The number of halogens is 3. The third-order valence-corrected chi connectivity index (χ3v) is 1.92. The van der Waals surface area contributed by atoms with Crippen molar-refractivity contribution in [2.45, 2.75) is 13.5 Å². The molecule has 0 atom stereocenters. The predicted molar refractivity (Wildman–Crippen MR) is 47.8 cm³/mol. The molecule has 0 spiro atoms. The van der Waals surface area contributed by atoms with Crippen LogP contribution in [-0.4, -0.2) is 6.98 Å². The Morgan fingerprint density at radius 2 is 1.92 bits per heavy atom. The highest BCUT2D eigenvalue weighted by Crippen LogP contribution is 2.12. The molecular formula is C8H10BF3N-. The summed E-state index contributed by atoms with van der Waals surface area (Å²) in [6.07, 6.45) is 0. The van der Waals surface area contributed by atoms with E-state index in [1.165, 1.54) is 19.1 Å². The lowest BCUT2D eigenvalue weighted by Gasteiger charge is -2.18.